The molecule has 1 aromatic heterocycles. The van der Waals surface area contributed by atoms with E-state index in [4.69, 9.17) is 0 Å². The van der Waals surface area contributed by atoms with Crippen LogP contribution >= 0.6 is 23.1 Å². The molecule has 2 aromatic carbocycles. The number of benzene rings is 2. The summed E-state index contributed by atoms with van der Waals surface area (Å²) in [5.74, 6) is 0.428. The number of hydrogen-bond acceptors (Lipinski definition) is 6. The summed E-state index contributed by atoms with van der Waals surface area (Å²) in [6, 6.07) is 12.6. The van der Waals surface area contributed by atoms with E-state index in [1.807, 2.05) is 24.3 Å². The fraction of sp³-hybridized carbons (Fsp3) is 0.176. The molecule has 0 spiro atoms. The third kappa shape index (κ3) is 4.15. The first-order valence-corrected chi connectivity index (χ1v) is 9.37. The van der Waals surface area contributed by atoms with Crippen LogP contribution in [-0.4, -0.2) is 21.6 Å². The van der Waals surface area contributed by atoms with Crippen LogP contribution in [0, 0.1) is 17.0 Å². The minimum absolute atomic E-state index is 0.00153. The number of aromatic nitrogens is 1. The van der Waals surface area contributed by atoms with Gasteiger partial charge in [-0.1, -0.05) is 30.0 Å². The van der Waals surface area contributed by atoms with Crippen molar-refractivity contribution in [3.8, 4) is 0 Å². The largest absolute Gasteiger partial charge is 0.326 e. The van der Waals surface area contributed by atoms with E-state index in [1.165, 1.54) is 17.8 Å². The molecule has 0 aliphatic heterocycles. The fourth-order valence-electron chi connectivity index (χ4n) is 2.31. The number of nitro benzene ring substituents is 1. The van der Waals surface area contributed by atoms with Crippen molar-refractivity contribution >= 4 is 50.6 Å². The Labute approximate surface area is 152 Å². The molecule has 3 aromatic rings. The zero-order valence-electron chi connectivity index (χ0n) is 13.4. The molecule has 1 amide bonds. The number of nitro groups is 1. The topological polar surface area (TPSA) is 85.1 Å². The Morgan fingerprint density at radius 2 is 2.08 bits per heavy atom. The number of nitrogens with one attached hydrogen (secondary N) is 1. The van der Waals surface area contributed by atoms with Crippen molar-refractivity contribution in [1.82, 2.24) is 4.98 Å². The minimum atomic E-state index is -0.450. The summed E-state index contributed by atoms with van der Waals surface area (Å²) in [4.78, 5) is 27.1. The van der Waals surface area contributed by atoms with Crippen molar-refractivity contribution in [1.29, 1.82) is 0 Å². The van der Waals surface area contributed by atoms with Gasteiger partial charge in [-0.3, -0.25) is 14.9 Å². The van der Waals surface area contributed by atoms with Gasteiger partial charge in [0.15, 0.2) is 4.34 Å². The first-order valence-electron chi connectivity index (χ1n) is 7.57. The minimum Gasteiger partial charge on any atom is -0.326 e. The molecule has 25 heavy (non-hydrogen) atoms. The maximum atomic E-state index is 12.1. The van der Waals surface area contributed by atoms with Crippen LogP contribution in [0.3, 0.4) is 0 Å². The molecule has 128 valence electrons. The number of nitrogens with zero attached hydrogens (tertiary/aromatic N) is 2. The number of thiazole rings is 1. The molecule has 0 saturated heterocycles. The van der Waals surface area contributed by atoms with Crippen LogP contribution in [0.25, 0.3) is 10.2 Å². The van der Waals surface area contributed by atoms with Crippen LogP contribution in [0.1, 0.15) is 12.0 Å². The molecule has 0 bridgehead atoms. The van der Waals surface area contributed by atoms with E-state index in [0.717, 1.165) is 14.6 Å². The molecule has 8 heteroatoms. The van der Waals surface area contributed by atoms with Gasteiger partial charge in [0.2, 0.25) is 5.91 Å². The molecule has 0 saturated carbocycles. The predicted molar refractivity (Wildman–Crippen MR) is 101 cm³/mol. The normalized spacial score (nSPS) is 10.8. The first-order chi connectivity index (χ1) is 12.0. The number of rotatable bonds is 6. The van der Waals surface area contributed by atoms with E-state index < -0.39 is 4.92 Å². The van der Waals surface area contributed by atoms with E-state index in [9.17, 15) is 14.9 Å². The Hall–Kier alpha value is -2.45. The molecule has 0 aliphatic rings. The molecule has 0 aliphatic carbocycles. The average Bonchev–Trinajstić information content (AvgIpc) is 2.99. The van der Waals surface area contributed by atoms with Gasteiger partial charge >= 0.3 is 0 Å². The van der Waals surface area contributed by atoms with Gasteiger partial charge in [-0.2, -0.15) is 0 Å². The number of hydrogen-bond donors (Lipinski definition) is 1. The van der Waals surface area contributed by atoms with E-state index >= 15 is 0 Å². The van der Waals surface area contributed by atoms with Gasteiger partial charge in [0.1, 0.15) is 0 Å². The second kappa shape index (κ2) is 7.62. The molecule has 0 fully saturated rings. The van der Waals surface area contributed by atoms with Gasteiger partial charge in [-0.05, 0) is 25.1 Å². The van der Waals surface area contributed by atoms with Crippen LogP contribution in [0.15, 0.2) is 46.8 Å². The standard InChI is InChI=1S/C17H15N3O3S2/c1-11-12(6-4-7-14(11)20(22)23)18-16(21)9-10-24-17-19-13-5-2-3-8-15(13)25-17/h2-8H,9-10H2,1H3,(H,18,21). The van der Waals surface area contributed by atoms with Crippen LogP contribution in [0.4, 0.5) is 11.4 Å². The zero-order valence-corrected chi connectivity index (χ0v) is 15.0. The highest BCUT2D eigenvalue weighted by atomic mass is 32.2. The summed E-state index contributed by atoms with van der Waals surface area (Å²) in [6.45, 7) is 1.63. The maximum absolute atomic E-state index is 12.1. The molecular formula is C17H15N3O3S2. The lowest BCUT2D eigenvalue weighted by Crippen LogP contribution is -2.13. The lowest BCUT2D eigenvalue weighted by atomic mass is 10.1. The number of fused-ring (bicyclic) bond motifs is 1. The lowest BCUT2D eigenvalue weighted by molar-refractivity contribution is -0.385. The number of para-hydroxylation sites is 1. The van der Waals surface area contributed by atoms with E-state index in [2.05, 4.69) is 10.3 Å². The van der Waals surface area contributed by atoms with Gasteiger partial charge in [-0.15, -0.1) is 11.3 Å². The summed E-state index contributed by atoms with van der Waals surface area (Å²) in [5.41, 5.74) is 1.90. The fourth-order valence-corrected chi connectivity index (χ4v) is 4.39. The highest BCUT2D eigenvalue weighted by Gasteiger charge is 2.14. The number of carbonyl (C=O) groups is 1. The van der Waals surface area contributed by atoms with E-state index in [0.29, 0.717) is 23.4 Å². The molecular weight excluding hydrogens is 358 g/mol. The third-order valence-electron chi connectivity index (χ3n) is 3.60. The van der Waals surface area contributed by atoms with E-state index in [-0.39, 0.29) is 11.6 Å². The maximum Gasteiger partial charge on any atom is 0.274 e. The lowest BCUT2D eigenvalue weighted by Gasteiger charge is -2.08. The number of thioether (sulfide) groups is 1. The second-order valence-corrected chi connectivity index (χ2v) is 7.67. The van der Waals surface area contributed by atoms with Crippen LogP contribution in [0.5, 0.6) is 0 Å². The van der Waals surface area contributed by atoms with Crippen molar-refractivity contribution in [3.05, 3.63) is 58.1 Å². The number of carbonyl (C=O) groups excluding carboxylic acids is 1. The van der Waals surface area contributed by atoms with Crippen molar-refractivity contribution in [3.63, 3.8) is 0 Å². The number of amides is 1. The van der Waals surface area contributed by atoms with Gasteiger partial charge in [0.05, 0.1) is 26.4 Å². The average molecular weight is 373 g/mol. The molecule has 0 unspecified atom stereocenters. The molecule has 1 N–H and O–H groups in total. The molecule has 6 nitrogen and oxygen atoms in total. The Balaban J connectivity index is 1.56. The predicted octanol–water partition coefficient (Wildman–Crippen LogP) is 4.63. The molecule has 0 atom stereocenters. The number of anilines is 1. The van der Waals surface area contributed by atoms with Gasteiger partial charge in [0.25, 0.3) is 5.69 Å². The highest BCUT2D eigenvalue weighted by Crippen LogP contribution is 2.30. The summed E-state index contributed by atoms with van der Waals surface area (Å²) < 4.78 is 2.06. The van der Waals surface area contributed by atoms with Gasteiger partial charge in [-0.25, -0.2) is 4.98 Å². The third-order valence-corrected chi connectivity index (χ3v) is 5.79. The SMILES string of the molecule is Cc1c(NC(=O)CCSc2nc3ccccc3s2)cccc1[N+](=O)[O-]. The molecule has 3 rings (SSSR count). The van der Waals surface area contributed by atoms with Crippen molar-refractivity contribution < 1.29 is 9.72 Å². The molecule has 1 heterocycles. The summed E-state index contributed by atoms with van der Waals surface area (Å²) in [7, 11) is 0. The van der Waals surface area contributed by atoms with E-state index in [1.54, 1.807) is 30.4 Å². The Kier molecular flexibility index (Phi) is 5.30. The highest BCUT2D eigenvalue weighted by molar-refractivity contribution is 8.01. The van der Waals surface area contributed by atoms with Gasteiger partial charge in [0, 0.05) is 18.2 Å². The summed E-state index contributed by atoms with van der Waals surface area (Å²) in [5, 5.41) is 13.7. The monoisotopic (exact) mass is 373 g/mol. The van der Waals surface area contributed by atoms with Crippen molar-refractivity contribution in [2.24, 2.45) is 0 Å². The van der Waals surface area contributed by atoms with Crippen LogP contribution in [-0.2, 0) is 4.79 Å². The van der Waals surface area contributed by atoms with Crippen molar-refractivity contribution in [2.75, 3.05) is 11.1 Å². The smallest absolute Gasteiger partial charge is 0.274 e. The summed E-state index contributed by atoms with van der Waals surface area (Å²) in [6.07, 6.45) is 0.308. The zero-order chi connectivity index (χ0) is 17.8. The second-order valence-electron chi connectivity index (χ2n) is 5.30. The summed E-state index contributed by atoms with van der Waals surface area (Å²) >= 11 is 3.14. The Morgan fingerprint density at radius 3 is 2.84 bits per heavy atom. The van der Waals surface area contributed by atoms with Crippen LogP contribution < -0.4 is 5.32 Å². The van der Waals surface area contributed by atoms with Crippen molar-refractivity contribution in [2.45, 2.75) is 17.7 Å². The Morgan fingerprint density at radius 1 is 1.28 bits per heavy atom. The molecule has 0 radical (unpaired) electrons. The first kappa shape index (κ1) is 17.4. The Bertz CT molecular complexity index is 907. The quantitative estimate of drug-likeness (QED) is 0.387. The van der Waals surface area contributed by atoms with Gasteiger partial charge < -0.3 is 5.32 Å². The van der Waals surface area contributed by atoms with Crippen LogP contribution in [0.2, 0.25) is 0 Å².